The lowest BCUT2D eigenvalue weighted by Gasteiger charge is -2.35. The molecule has 124 valence electrons. The molecule has 0 saturated carbocycles. The van der Waals surface area contributed by atoms with Crippen molar-refractivity contribution in [2.24, 2.45) is 0 Å². The van der Waals surface area contributed by atoms with Crippen LogP contribution >= 0.6 is 0 Å². The number of nitrogens with zero attached hydrogens (tertiary/aromatic N) is 5. The van der Waals surface area contributed by atoms with Crippen molar-refractivity contribution in [2.75, 3.05) is 27.2 Å². The van der Waals surface area contributed by atoms with E-state index in [-0.39, 0.29) is 23.9 Å². The lowest BCUT2D eigenvalue weighted by Crippen LogP contribution is -2.45. The number of H-pyrrole nitrogens is 1. The summed E-state index contributed by atoms with van der Waals surface area (Å²) in [5, 5.41) is 2.86. The zero-order valence-electron chi connectivity index (χ0n) is 13.7. The molecule has 0 spiro atoms. The van der Waals surface area contributed by atoms with E-state index in [1.54, 1.807) is 6.92 Å². The van der Waals surface area contributed by atoms with E-state index in [1.165, 1.54) is 10.6 Å². The van der Waals surface area contributed by atoms with Gasteiger partial charge in [0.25, 0.3) is 11.3 Å². The van der Waals surface area contributed by atoms with E-state index in [2.05, 4.69) is 27.0 Å². The van der Waals surface area contributed by atoms with Crippen molar-refractivity contribution in [2.45, 2.75) is 32.2 Å². The summed E-state index contributed by atoms with van der Waals surface area (Å²) in [6.45, 7) is 3.76. The first-order valence-corrected chi connectivity index (χ1v) is 7.83. The highest BCUT2D eigenvalue weighted by molar-refractivity contribution is 5.78. The van der Waals surface area contributed by atoms with E-state index in [0.717, 1.165) is 25.9 Å². The second-order valence-electron chi connectivity index (χ2n) is 6.26. The van der Waals surface area contributed by atoms with Crippen LogP contribution in [0.2, 0.25) is 0 Å². The molecular formula is C15H22N6O2. The first kappa shape index (κ1) is 15.7. The summed E-state index contributed by atoms with van der Waals surface area (Å²) in [5.41, 5.74) is 0.394. The Kier molecular flexibility index (Phi) is 4.16. The van der Waals surface area contributed by atoms with Crippen molar-refractivity contribution >= 4 is 11.7 Å². The highest BCUT2D eigenvalue weighted by atomic mass is 16.2. The van der Waals surface area contributed by atoms with E-state index in [0.29, 0.717) is 17.3 Å². The van der Waals surface area contributed by atoms with Crippen LogP contribution in [0.3, 0.4) is 0 Å². The Labute approximate surface area is 134 Å². The molecule has 1 N–H and O–H groups in total. The van der Waals surface area contributed by atoms with Gasteiger partial charge in [0.1, 0.15) is 5.82 Å². The van der Waals surface area contributed by atoms with Crippen LogP contribution in [0.15, 0.2) is 10.9 Å². The normalized spacial score (nSPS) is 16.8. The van der Waals surface area contributed by atoms with Gasteiger partial charge < -0.3 is 9.80 Å². The molecule has 0 aromatic carbocycles. The number of aromatic nitrogens is 4. The monoisotopic (exact) mass is 318 g/mol. The number of hydrogen-bond acceptors (Lipinski definition) is 5. The number of nitrogens with one attached hydrogen (secondary N) is 1. The van der Waals surface area contributed by atoms with Gasteiger partial charge in [-0.1, -0.05) is 0 Å². The van der Waals surface area contributed by atoms with Gasteiger partial charge in [-0.3, -0.25) is 14.7 Å². The summed E-state index contributed by atoms with van der Waals surface area (Å²) in [7, 11) is 3.94. The first-order chi connectivity index (χ1) is 10.9. The highest BCUT2D eigenvalue weighted by Gasteiger charge is 2.24. The molecule has 0 radical (unpaired) electrons. The van der Waals surface area contributed by atoms with Gasteiger partial charge in [0.2, 0.25) is 5.91 Å². The van der Waals surface area contributed by atoms with Gasteiger partial charge in [-0.2, -0.15) is 9.50 Å². The molecule has 2 aromatic heterocycles. The van der Waals surface area contributed by atoms with Crippen molar-refractivity contribution in [1.82, 2.24) is 29.4 Å². The topological polar surface area (TPSA) is 86.6 Å². The maximum Gasteiger partial charge on any atom is 0.274 e. The van der Waals surface area contributed by atoms with Gasteiger partial charge in [0.05, 0.1) is 6.42 Å². The number of likely N-dealkylation sites (N-methyl/N-ethyl adjacent to an activating group) is 1. The fourth-order valence-corrected chi connectivity index (χ4v) is 2.97. The van der Waals surface area contributed by atoms with E-state index in [4.69, 9.17) is 0 Å². The summed E-state index contributed by atoms with van der Waals surface area (Å²) in [6, 6.07) is 1.70. The van der Waals surface area contributed by atoms with Gasteiger partial charge in [-0.25, -0.2) is 4.98 Å². The van der Waals surface area contributed by atoms with Gasteiger partial charge in [-0.15, -0.1) is 0 Å². The summed E-state index contributed by atoms with van der Waals surface area (Å²) in [4.78, 5) is 36.9. The van der Waals surface area contributed by atoms with Crippen LogP contribution in [0.5, 0.6) is 0 Å². The van der Waals surface area contributed by atoms with Crippen molar-refractivity contribution in [1.29, 1.82) is 0 Å². The van der Waals surface area contributed by atoms with Crippen molar-refractivity contribution in [3.63, 3.8) is 0 Å². The summed E-state index contributed by atoms with van der Waals surface area (Å²) in [5.74, 6) is 0.771. The van der Waals surface area contributed by atoms with Gasteiger partial charge >= 0.3 is 0 Å². The molecule has 1 amide bonds. The number of carbonyl (C=O) groups excluding carboxylic acids is 1. The Hall–Kier alpha value is -2.22. The number of aryl methyl sites for hydroxylation is 1. The molecule has 0 aliphatic carbocycles. The average molecular weight is 318 g/mol. The third kappa shape index (κ3) is 3.26. The van der Waals surface area contributed by atoms with Crippen molar-refractivity contribution < 1.29 is 4.79 Å². The molecule has 1 aliphatic heterocycles. The van der Waals surface area contributed by atoms with Crippen LogP contribution in [-0.4, -0.2) is 68.5 Å². The second-order valence-corrected chi connectivity index (χ2v) is 6.26. The minimum Gasteiger partial charge on any atom is -0.342 e. The van der Waals surface area contributed by atoms with Crippen LogP contribution in [0.4, 0.5) is 0 Å². The number of likely N-dealkylation sites (tertiary alicyclic amines) is 1. The van der Waals surface area contributed by atoms with E-state index < -0.39 is 0 Å². The van der Waals surface area contributed by atoms with Gasteiger partial charge in [-0.05, 0) is 39.9 Å². The average Bonchev–Trinajstić information content (AvgIpc) is 2.90. The summed E-state index contributed by atoms with van der Waals surface area (Å²) in [6.07, 6.45) is 2.11. The van der Waals surface area contributed by atoms with Crippen molar-refractivity contribution in [3.05, 3.63) is 27.9 Å². The third-order valence-corrected chi connectivity index (χ3v) is 4.45. The number of fused-ring (bicyclic) bond motifs is 1. The molecule has 1 saturated heterocycles. The Balaban J connectivity index is 1.72. The first-order valence-electron chi connectivity index (χ1n) is 7.83. The van der Waals surface area contributed by atoms with E-state index >= 15 is 0 Å². The largest absolute Gasteiger partial charge is 0.342 e. The lowest BCUT2D eigenvalue weighted by atomic mass is 10.0. The Morgan fingerprint density at radius 1 is 1.39 bits per heavy atom. The molecule has 2 aromatic rings. The number of rotatable bonds is 3. The number of piperidine rings is 1. The standard InChI is InChI=1S/C15H22N6O2/c1-10-8-14(23)21-15(16-10)17-12(18-21)9-13(22)20(3)11-4-6-19(2)7-5-11/h8,11H,4-7,9H2,1-3H3,(H,16,17,18). The minimum absolute atomic E-state index is 0.00313. The summed E-state index contributed by atoms with van der Waals surface area (Å²) < 4.78 is 1.27. The SMILES string of the molecule is Cc1cc(=O)n2[nH]c(CC(=O)N(C)C3CCN(C)CC3)nc2n1. The van der Waals surface area contributed by atoms with Gasteiger partial charge in [0.15, 0.2) is 0 Å². The number of aromatic amines is 1. The fourth-order valence-electron chi connectivity index (χ4n) is 2.97. The molecule has 0 atom stereocenters. The Bertz CT molecular complexity index is 772. The quantitative estimate of drug-likeness (QED) is 0.848. The van der Waals surface area contributed by atoms with Gasteiger partial charge in [0, 0.05) is 24.8 Å². The second kappa shape index (κ2) is 6.11. The fraction of sp³-hybridized carbons (Fsp3) is 0.600. The molecule has 3 heterocycles. The molecule has 8 heteroatoms. The molecule has 1 fully saturated rings. The lowest BCUT2D eigenvalue weighted by molar-refractivity contribution is -0.132. The van der Waals surface area contributed by atoms with Crippen LogP contribution < -0.4 is 5.56 Å². The molecular weight excluding hydrogens is 296 g/mol. The number of amides is 1. The number of hydrogen-bond donors (Lipinski definition) is 1. The van der Waals surface area contributed by atoms with Crippen LogP contribution in [-0.2, 0) is 11.2 Å². The maximum absolute atomic E-state index is 12.5. The van der Waals surface area contributed by atoms with E-state index in [9.17, 15) is 9.59 Å². The highest BCUT2D eigenvalue weighted by Crippen LogP contribution is 2.15. The van der Waals surface area contributed by atoms with Crippen LogP contribution in [0.1, 0.15) is 24.4 Å². The number of carbonyl (C=O) groups is 1. The third-order valence-electron chi connectivity index (χ3n) is 4.45. The molecule has 0 bridgehead atoms. The van der Waals surface area contributed by atoms with Crippen molar-refractivity contribution in [3.8, 4) is 0 Å². The minimum atomic E-state index is -0.220. The van der Waals surface area contributed by atoms with Crippen LogP contribution in [0, 0.1) is 6.92 Å². The smallest absolute Gasteiger partial charge is 0.274 e. The molecule has 23 heavy (non-hydrogen) atoms. The molecule has 1 aliphatic rings. The maximum atomic E-state index is 12.5. The van der Waals surface area contributed by atoms with Crippen LogP contribution in [0.25, 0.3) is 5.78 Å². The predicted molar refractivity (Wildman–Crippen MR) is 85.3 cm³/mol. The molecule has 3 rings (SSSR count). The Morgan fingerprint density at radius 3 is 2.78 bits per heavy atom. The predicted octanol–water partition coefficient (Wildman–Crippen LogP) is -0.179. The Morgan fingerprint density at radius 2 is 2.09 bits per heavy atom. The summed E-state index contributed by atoms with van der Waals surface area (Å²) >= 11 is 0. The zero-order chi connectivity index (χ0) is 16.6. The zero-order valence-corrected chi connectivity index (χ0v) is 13.7. The molecule has 8 nitrogen and oxygen atoms in total. The van der Waals surface area contributed by atoms with E-state index in [1.807, 2.05) is 11.9 Å². The molecule has 0 unspecified atom stereocenters.